The summed E-state index contributed by atoms with van der Waals surface area (Å²) >= 11 is 2.81. The molecule has 0 atom stereocenters. The fourth-order valence-electron chi connectivity index (χ4n) is 1.27. The summed E-state index contributed by atoms with van der Waals surface area (Å²) < 4.78 is 37.8. The van der Waals surface area contributed by atoms with Gasteiger partial charge in [0.25, 0.3) is 5.91 Å². The van der Waals surface area contributed by atoms with Crippen LogP contribution >= 0.6 is 15.9 Å². The second-order valence-corrected chi connectivity index (χ2v) is 4.38. The van der Waals surface area contributed by atoms with Gasteiger partial charge in [-0.3, -0.25) is 4.79 Å². The van der Waals surface area contributed by atoms with Crippen LogP contribution in [-0.4, -0.2) is 12.5 Å². The van der Waals surface area contributed by atoms with E-state index in [1.807, 2.05) is 0 Å². The minimum atomic E-state index is -4.49. The smallest absolute Gasteiger partial charge is 0.352 e. The molecule has 1 amide bonds. The minimum Gasteiger partial charge on any atom is -0.352 e. The largest absolute Gasteiger partial charge is 0.417 e. The monoisotopic (exact) mass is 321 g/mol. The highest BCUT2D eigenvalue weighted by Gasteiger charge is 2.33. The first-order chi connectivity index (χ1) is 8.36. The maximum Gasteiger partial charge on any atom is 0.417 e. The third-order valence-electron chi connectivity index (χ3n) is 2.17. The average Bonchev–Trinajstić information content (AvgIpc) is 2.28. The number of carbonyl (C=O) groups is 1. The Labute approximate surface area is 111 Å². The van der Waals surface area contributed by atoms with E-state index in [0.717, 1.165) is 6.07 Å². The molecule has 1 aromatic carbocycles. The minimum absolute atomic E-state index is 0.0189. The molecule has 0 fully saturated rings. The van der Waals surface area contributed by atoms with E-state index >= 15 is 0 Å². The molecule has 6 heteroatoms. The Balaban J connectivity index is 2.91. The number of hydrogen-bond acceptors (Lipinski definition) is 1. The molecule has 0 saturated heterocycles. The van der Waals surface area contributed by atoms with Gasteiger partial charge < -0.3 is 5.32 Å². The Hall–Kier alpha value is -1.30. The molecule has 0 heterocycles. The third-order valence-corrected chi connectivity index (χ3v) is 2.86. The van der Waals surface area contributed by atoms with Crippen molar-refractivity contribution in [3.63, 3.8) is 0 Å². The standard InChI is InChI=1S/C12H11BrF3NO/c1-2-3-6-17-11(18)8-4-5-10(13)9(7-8)12(14,15)16/h2,4-5,7H,1,3,6H2,(H,17,18). The molecular weight excluding hydrogens is 311 g/mol. The second kappa shape index (κ2) is 6.04. The first-order valence-corrected chi connectivity index (χ1v) is 5.91. The van der Waals surface area contributed by atoms with Gasteiger partial charge in [0.15, 0.2) is 0 Å². The topological polar surface area (TPSA) is 29.1 Å². The lowest BCUT2D eigenvalue weighted by atomic mass is 10.1. The number of nitrogens with one attached hydrogen (secondary N) is 1. The Bertz CT molecular complexity index is 457. The zero-order valence-electron chi connectivity index (χ0n) is 9.35. The number of hydrogen-bond donors (Lipinski definition) is 1. The lowest BCUT2D eigenvalue weighted by Crippen LogP contribution is -2.24. The number of alkyl halides is 3. The van der Waals surface area contributed by atoms with Crippen molar-refractivity contribution in [2.24, 2.45) is 0 Å². The SMILES string of the molecule is C=CCCNC(=O)c1ccc(Br)c(C(F)(F)F)c1. The predicted molar refractivity (Wildman–Crippen MR) is 66.3 cm³/mol. The molecule has 2 nitrogen and oxygen atoms in total. The molecule has 18 heavy (non-hydrogen) atoms. The highest BCUT2D eigenvalue weighted by molar-refractivity contribution is 9.10. The molecular formula is C12H11BrF3NO. The van der Waals surface area contributed by atoms with Gasteiger partial charge in [0, 0.05) is 16.6 Å². The van der Waals surface area contributed by atoms with Crippen LogP contribution < -0.4 is 5.32 Å². The summed E-state index contributed by atoms with van der Waals surface area (Å²) in [6.45, 7) is 3.83. The van der Waals surface area contributed by atoms with E-state index in [1.165, 1.54) is 12.1 Å². The molecule has 0 spiro atoms. The molecule has 98 valence electrons. The Morgan fingerprint density at radius 1 is 1.44 bits per heavy atom. The number of carbonyl (C=O) groups excluding carboxylic acids is 1. The third kappa shape index (κ3) is 3.87. The van der Waals surface area contributed by atoms with Crippen LogP contribution in [-0.2, 0) is 6.18 Å². The maximum atomic E-state index is 12.6. The average molecular weight is 322 g/mol. The van der Waals surface area contributed by atoms with Crippen molar-refractivity contribution in [2.45, 2.75) is 12.6 Å². The van der Waals surface area contributed by atoms with E-state index in [1.54, 1.807) is 6.08 Å². The van der Waals surface area contributed by atoms with Crippen molar-refractivity contribution in [2.75, 3.05) is 6.54 Å². The highest BCUT2D eigenvalue weighted by atomic mass is 79.9. The fourth-order valence-corrected chi connectivity index (χ4v) is 1.74. The van der Waals surface area contributed by atoms with Crippen LogP contribution in [0.3, 0.4) is 0 Å². The Morgan fingerprint density at radius 2 is 2.11 bits per heavy atom. The number of halogens is 4. The lowest BCUT2D eigenvalue weighted by molar-refractivity contribution is -0.138. The van der Waals surface area contributed by atoms with Crippen LogP contribution in [0.4, 0.5) is 13.2 Å². The van der Waals surface area contributed by atoms with Gasteiger partial charge in [0.2, 0.25) is 0 Å². The summed E-state index contributed by atoms with van der Waals surface area (Å²) in [5, 5.41) is 2.51. The molecule has 0 radical (unpaired) electrons. The van der Waals surface area contributed by atoms with Gasteiger partial charge >= 0.3 is 6.18 Å². The summed E-state index contributed by atoms with van der Waals surface area (Å²) in [6, 6.07) is 3.38. The summed E-state index contributed by atoms with van der Waals surface area (Å²) in [5.41, 5.74) is -0.881. The molecule has 0 bridgehead atoms. The Morgan fingerprint density at radius 3 is 2.67 bits per heavy atom. The highest BCUT2D eigenvalue weighted by Crippen LogP contribution is 2.35. The van der Waals surface area contributed by atoms with Gasteiger partial charge in [-0.1, -0.05) is 22.0 Å². The van der Waals surface area contributed by atoms with E-state index in [2.05, 4.69) is 27.8 Å². The quantitative estimate of drug-likeness (QED) is 0.663. The van der Waals surface area contributed by atoms with Crippen molar-refractivity contribution in [3.8, 4) is 0 Å². The van der Waals surface area contributed by atoms with Crippen molar-refractivity contribution >= 4 is 21.8 Å². The van der Waals surface area contributed by atoms with Crippen LogP contribution in [0.25, 0.3) is 0 Å². The number of amides is 1. The zero-order valence-corrected chi connectivity index (χ0v) is 10.9. The number of benzene rings is 1. The lowest BCUT2D eigenvalue weighted by Gasteiger charge is -2.11. The zero-order chi connectivity index (χ0) is 13.8. The van der Waals surface area contributed by atoms with Gasteiger partial charge in [0.05, 0.1) is 5.56 Å². The van der Waals surface area contributed by atoms with Crippen molar-refractivity contribution in [3.05, 3.63) is 46.5 Å². The van der Waals surface area contributed by atoms with E-state index in [-0.39, 0.29) is 10.0 Å². The molecule has 0 aliphatic rings. The van der Waals surface area contributed by atoms with E-state index < -0.39 is 17.6 Å². The van der Waals surface area contributed by atoms with Crippen molar-refractivity contribution < 1.29 is 18.0 Å². The van der Waals surface area contributed by atoms with E-state index in [4.69, 9.17) is 0 Å². The molecule has 1 rings (SSSR count). The first kappa shape index (κ1) is 14.8. The number of rotatable bonds is 4. The van der Waals surface area contributed by atoms with E-state index in [9.17, 15) is 18.0 Å². The molecule has 0 aliphatic carbocycles. The van der Waals surface area contributed by atoms with Gasteiger partial charge in [-0.2, -0.15) is 13.2 Å². The molecule has 0 unspecified atom stereocenters. The van der Waals surface area contributed by atoms with Gasteiger partial charge in [-0.25, -0.2) is 0 Å². The van der Waals surface area contributed by atoms with Gasteiger partial charge in [-0.05, 0) is 24.6 Å². The van der Waals surface area contributed by atoms with Crippen molar-refractivity contribution in [1.82, 2.24) is 5.32 Å². The molecule has 0 aromatic heterocycles. The normalized spacial score (nSPS) is 11.1. The first-order valence-electron chi connectivity index (χ1n) is 5.12. The van der Waals surface area contributed by atoms with E-state index in [0.29, 0.717) is 13.0 Å². The molecule has 0 saturated carbocycles. The second-order valence-electron chi connectivity index (χ2n) is 3.53. The van der Waals surface area contributed by atoms with Gasteiger partial charge in [0.1, 0.15) is 0 Å². The van der Waals surface area contributed by atoms with Crippen LogP contribution in [0.1, 0.15) is 22.3 Å². The maximum absolute atomic E-state index is 12.6. The fraction of sp³-hybridized carbons (Fsp3) is 0.250. The van der Waals surface area contributed by atoms with Crippen LogP contribution in [0.2, 0.25) is 0 Å². The van der Waals surface area contributed by atoms with Gasteiger partial charge in [-0.15, -0.1) is 6.58 Å². The summed E-state index contributed by atoms with van der Waals surface area (Å²) in [5.74, 6) is -0.533. The van der Waals surface area contributed by atoms with Crippen LogP contribution in [0.5, 0.6) is 0 Å². The van der Waals surface area contributed by atoms with Crippen LogP contribution in [0.15, 0.2) is 35.3 Å². The molecule has 1 aromatic rings. The summed E-state index contributed by atoms with van der Waals surface area (Å²) in [4.78, 5) is 11.6. The Kier molecular flexibility index (Phi) is 4.95. The summed E-state index contributed by atoms with van der Waals surface area (Å²) in [6.07, 6.45) is -2.31. The predicted octanol–water partition coefficient (Wildman–Crippen LogP) is 3.77. The van der Waals surface area contributed by atoms with Crippen LogP contribution in [0, 0.1) is 0 Å². The summed E-state index contributed by atoms with van der Waals surface area (Å²) in [7, 11) is 0. The molecule has 1 N–H and O–H groups in total. The van der Waals surface area contributed by atoms with Crippen molar-refractivity contribution in [1.29, 1.82) is 0 Å². The molecule has 0 aliphatic heterocycles.